The molecule has 0 atom stereocenters. The highest BCUT2D eigenvalue weighted by Gasteiger charge is 2.38. The third kappa shape index (κ3) is 5.29. The van der Waals surface area contributed by atoms with Crippen molar-refractivity contribution in [2.75, 3.05) is 5.32 Å². The number of hydrogen-bond acceptors (Lipinski definition) is 6. The molecule has 1 saturated carbocycles. The molecule has 0 aliphatic heterocycles. The number of carbonyl (C=O) groups is 2. The van der Waals surface area contributed by atoms with E-state index < -0.39 is 35.8 Å². The van der Waals surface area contributed by atoms with Gasteiger partial charge in [-0.25, -0.2) is 13.8 Å². The van der Waals surface area contributed by atoms with Gasteiger partial charge in [-0.3, -0.25) is 19.0 Å². The van der Waals surface area contributed by atoms with Crippen LogP contribution in [0.4, 0.5) is 27.6 Å². The number of primary amides is 1. The first-order valence-electron chi connectivity index (χ1n) is 12.4. The number of nitrogens with zero attached hydrogens (tertiary/aromatic N) is 5. The molecule has 4 heterocycles. The van der Waals surface area contributed by atoms with Gasteiger partial charge in [0, 0.05) is 48.3 Å². The predicted octanol–water partition coefficient (Wildman–Crippen LogP) is 5.65. The summed E-state index contributed by atoms with van der Waals surface area (Å²) in [5.74, 6) is -1.57. The number of halogens is 5. The van der Waals surface area contributed by atoms with Crippen LogP contribution in [0.1, 0.15) is 71.0 Å². The molecule has 1 aliphatic rings. The molecule has 0 radical (unpaired) electrons. The summed E-state index contributed by atoms with van der Waals surface area (Å²) in [5, 5.41) is 10.9. The lowest BCUT2D eigenvalue weighted by Crippen LogP contribution is -2.19. The number of aromatic nitrogens is 5. The van der Waals surface area contributed by atoms with Crippen LogP contribution in [0.5, 0.6) is 0 Å². The summed E-state index contributed by atoms with van der Waals surface area (Å²) in [7, 11) is 0. The fourth-order valence-electron chi connectivity index (χ4n) is 4.54. The molecule has 4 aromatic rings. The second-order valence-corrected chi connectivity index (χ2v) is 10.5. The average molecular weight is 582 g/mol. The van der Waals surface area contributed by atoms with Crippen molar-refractivity contribution < 1.29 is 31.5 Å². The summed E-state index contributed by atoms with van der Waals surface area (Å²) in [6.45, 7) is 3.94. The molecule has 4 aromatic heterocycles. The van der Waals surface area contributed by atoms with Gasteiger partial charge in [0.15, 0.2) is 5.69 Å². The number of aryl methyl sites for hydroxylation is 3. The highest BCUT2D eigenvalue weighted by Crippen LogP contribution is 2.44. The average Bonchev–Trinajstić information content (AvgIpc) is 3.35. The van der Waals surface area contributed by atoms with Gasteiger partial charge in [0.1, 0.15) is 15.4 Å². The molecule has 1 aliphatic carbocycles. The maximum absolute atomic E-state index is 13.8. The van der Waals surface area contributed by atoms with Crippen molar-refractivity contribution in [2.45, 2.75) is 64.7 Å². The molecule has 0 saturated heterocycles. The summed E-state index contributed by atoms with van der Waals surface area (Å²) in [6.07, 6.45) is -4.64. The monoisotopic (exact) mass is 581 g/mol. The van der Waals surface area contributed by atoms with E-state index in [1.54, 1.807) is 17.8 Å². The molecule has 15 heteroatoms. The Balaban J connectivity index is 1.52. The molecule has 5 rings (SSSR count). The van der Waals surface area contributed by atoms with E-state index in [1.807, 2.05) is 6.92 Å². The largest absolute Gasteiger partial charge is 0.435 e. The van der Waals surface area contributed by atoms with E-state index in [-0.39, 0.29) is 45.2 Å². The molecular weight excluding hydrogens is 557 g/mol. The van der Waals surface area contributed by atoms with Crippen LogP contribution in [0, 0.1) is 6.92 Å². The number of pyridine rings is 1. The lowest BCUT2D eigenvalue weighted by atomic mass is 10.0. The standard InChI is InChI=1S/C25H24F5N7O2S/c1-3-36-10-14(11(2)34-36)13-8-15(22(26)27)32-24-19(13)20(21(40-24)23(31)39)33-18(38)6-7-37-16(12-4-5-12)9-17(35-37)25(28,29)30/h8-10,12,22H,3-7H2,1-2H3,(H2,31,39)(H,33,38). The molecule has 40 heavy (non-hydrogen) atoms. The molecule has 9 nitrogen and oxygen atoms in total. The zero-order valence-electron chi connectivity index (χ0n) is 21.4. The molecular formula is C25H24F5N7O2S. The van der Waals surface area contributed by atoms with Gasteiger partial charge in [0.2, 0.25) is 5.91 Å². The van der Waals surface area contributed by atoms with Crippen LogP contribution in [-0.2, 0) is 24.1 Å². The Hall–Kier alpha value is -3.88. The van der Waals surface area contributed by atoms with E-state index in [0.29, 0.717) is 23.5 Å². The molecule has 2 amide bonds. The van der Waals surface area contributed by atoms with Crippen LogP contribution in [0.25, 0.3) is 21.3 Å². The zero-order chi connectivity index (χ0) is 28.9. The Kier molecular flexibility index (Phi) is 7.10. The normalized spacial score (nSPS) is 13.9. The van der Waals surface area contributed by atoms with E-state index in [1.165, 1.54) is 10.7 Å². The van der Waals surface area contributed by atoms with Crippen molar-refractivity contribution in [2.24, 2.45) is 5.73 Å². The van der Waals surface area contributed by atoms with Gasteiger partial charge in [-0.15, -0.1) is 11.3 Å². The summed E-state index contributed by atoms with van der Waals surface area (Å²) < 4.78 is 70.0. The zero-order valence-corrected chi connectivity index (χ0v) is 22.2. The lowest BCUT2D eigenvalue weighted by molar-refractivity contribution is -0.141. The van der Waals surface area contributed by atoms with Gasteiger partial charge < -0.3 is 11.1 Å². The minimum atomic E-state index is -4.62. The number of rotatable bonds is 9. The number of nitrogens with two attached hydrogens (primary N) is 1. The molecule has 212 valence electrons. The van der Waals surface area contributed by atoms with E-state index in [9.17, 15) is 31.5 Å². The van der Waals surface area contributed by atoms with Crippen LogP contribution < -0.4 is 11.1 Å². The SMILES string of the molecule is CCn1cc(-c2cc(C(F)F)nc3sc(C(N)=O)c(NC(=O)CCn4nc(C(F)(F)F)cc4C4CC4)c23)c(C)n1. The van der Waals surface area contributed by atoms with E-state index in [0.717, 1.165) is 30.2 Å². The summed E-state index contributed by atoms with van der Waals surface area (Å²) in [6, 6.07) is 2.19. The second-order valence-electron chi connectivity index (χ2n) is 9.48. The first-order valence-corrected chi connectivity index (χ1v) is 13.2. The quantitative estimate of drug-likeness (QED) is 0.248. The Morgan fingerprint density at radius 1 is 1.20 bits per heavy atom. The number of alkyl halides is 5. The van der Waals surface area contributed by atoms with Gasteiger partial charge >= 0.3 is 6.18 Å². The van der Waals surface area contributed by atoms with Crippen molar-refractivity contribution in [1.29, 1.82) is 0 Å². The van der Waals surface area contributed by atoms with Crippen molar-refractivity contribution >= 4 is 39.1 Å². The van der Waals surface area contributed by atoms with E-state index >= 15 is 0 Å². The minimum Gasteiger partial charge on any atom is -0.365 e. The van der Waals surface area contributed by atoms with E-state index in [4.69, 9.17) is 5.73 Å². The van der Waals surface area contributed by atoms with Crippen molar-refractivity contribution in [3.05, 3.63) is 46.0 Å². The summed E-state index contributed by atoms with van der Waals surface area (Å²) in [5.41, 5.74) is 5.77. The van der Waals surface area contributed by atoms with Gasteiger partial charge in [0.05, 0.1) is 11.4 Å². The number of anilines is 1. The molecule has 0 spiro atoms. The van der Waals surface area contributed by atoms with E-state index in [2.05, 4.69) is 20.5 Å². The first kappa shape index (κ1) is 27.7. The van der Waals surface area contributed by atoms with Crippen molar-refractivity contribution in [1.82, 2.24) is 24.5 Å². The maximum Gasteiger partial charge on any atom is 0.435 e. The number of carbonyl (C=O) groups excluding carboxylic acids is 2. The number of amides is 2. The lowest BCUT2D eigenvalue weighted by Gasteiger charge is -2.11. The van der Waals surface area contributed by atoms with Crippen LogP contribution in [0.3, 0.4) is 0 Å². The van der Waals surface area contributed by atoms with Crippen molar-refractivity contribution in [3.8, 4) is 11.1 Å². The molecule has 3 N–H and O–H groups in total. The summed E-state index contributed by atoms with van der Waals surface area (Å²) >= 11 is 0.764. The van der Waals surface area contributed by atoms with Gasteiger partial charge in [-0.1, -0.05) is 0 Å². The Labute approximate surface area is 228 Å². The topological polar surface area (TPSA) is 121 Å². The fraction of sp³-hybridized carbons (Fsp3) is 0.400. The number of nitrogens with one attached hydrogen (secondary N) is 1. The van der Waals surface area contributed by atoms with Crippen LogP contribution >= 0.6 is 11.3 Å². The summed E-state index contributed by atoms with van der Waals surface area (Å²) in [4.78, 5) is 29.4. The highest BCUT2D eigenvalue weighted by molar-refractivity contribution is 7.21. The molecule has 0 bridgehead atoms. The number of thiophene rings is 1. The van der Waals surface area contributed by atoms with Crippen LogP contribution in [0.15, 0.2) is 18.3 Å². The Morgan fingerprint density at radius 2 is 1.93 bits per heavy atom. The molecule has 1 fully saturated rings. The predicted molar refractivity (Wildman–Crippen MR) is 137 cm³/mol. The number of fused-ring (bicyclic) bond motifs is 1. The third-order valence-electron chi connectivity index (χ3n) is 6.60. The Morgan fingerprint density at radius 3 is 2.50 bits per heavy atom. The molecule has 0 unspecified atom stereocenters. The van der Waals surface area contributed by atoms with Gasteiger partial charge in [-0.2, -0.15) is 23.4 Å². The molecule has 0 aromatic carbocycles. The number of hydrogen-bond donors (Lipinski definition) is 2. The van der Waals surface area contributed by atoms with Crippen LogP contribution in [0.2, 0.25) is 0 Å². The smallest absolute Gasteiger partial charge is 0.365 e. The second kappa shape index (κ2) is 10.3. The minimum absolute atomic E-state index is 0.00308. The first-order chi connectivity index (χ1) is 18.9. The Bertz CT molecular complexity index is 1620. The highest BCUT2D eigenvalue weighted by atomic mass is 32.1. The van der Waals surface area contributed by atoms with Crippen LogP contribution in [-0.4, -0.2) is 36.4 Å². The fourth-order valence-corrected chi connectivity index (χ4v) is 5.56. The third-order valence-corrected chi connectivity index (χ3v) is 7.70. The van der Waals surface area contributed by atoms with Crippen molar-refractivity contribution in [3.63, 3.8) is 0 Å². The maximum atomic E-state index is 13.8. The van der Waals surface area contributed by atoms with Gasteiger partial charge in [0.25, 0.3) is 12.3 Å². The van der Waals surface area contributed by atoms with Gasteiger partial charge in [-0.05, 0) is 44.4 Å².